The van der Waals surface area contributed by atoms with Crippen LogP contribution in [-0.2, 0) is 12.8 Å². The largest absolute Gasteiger partial charge is 0.293 e. The Hall–Kier alpha value is -3.41. The number of hydrogen-bond donors (Lipinski definition) is 1. The van der Waals surface area contributed by atoms with Crippen molar-refractivity contribution in [2.45, 2.75) is 30.6 Å². The van der Waals surface area contributed by atoms with E-state index in [0.29, 0.717) is 27.4 Å². The first-order valence-electron chi connectivity index (χ1n) is 12.3. The van der Waals surface area contributed by atoms with Gasteiger partial charge in [0.25, 0.3) is 0 Å². The van der Waals surface area contributed by atoms with Gasteiger partial charge >= 0.3 is 0 Å². The van der Waals surface area contributed by atoms with Gasteiger partial charge in [-0.05, 0) is 24.8 Å². The van der Waals surface area contributed by atoms with E-state index in [2.05, 4.69) is 25.3 Å². The fourth-order valence-electron chi connectivity index (χ4n) is 5.06. The molecule has 1 aliphatic carbocycles. The van der Waals surface area contributed by atoms with Gasteiger partial charge in [-0.25, -0.2) is 4.57 Å². The Labute approximate surface area is 231 Å². The van der Waals surface area contributed by atoms with Crippen molar-refractivity contribution < 1.29 is 9.59 Å². The van der Waals surface area contributed by atoms with E-state index >= 15 is 0 Å². The smallest absolute Gasteiger partial charge is 0.241 e. The number of anilines is 1. The molecule has 11 heteroatoms. The fourth-order valence-corrected chi connectivity index (χ4v) is 8.24. The van der Waals surface area contributed by atoms with E-state index in [-0.39, 0.29) is 29.2 Å². The number of rotatable bonds is 7. The average Bonchev–Trinajstić information content (AvgIpc) is 3.74. The number of ketones is 2. The second kappa shape index (κ2) is 9.72. The molecule has 38 heavy (non-hydrogen) atoms. The summed E-state index contributed by atoms with van der Waals surface area (Å²) in [6.07, 6.45) is 3.07. The number of carbonyl (C=O) groups excluding carboxylic acids is 2. The third-order valence-corrected chi connectivity index (χ3v) is 10.0. The van der Waals surface area contributed by atoms with Crippen LogP contribution in [0.15, 0.2) is 70.9 Å². The molecule has 0 bridgehead atoms. The van der Waals surface area contributed by atoms with Gasteiger partial charge in [0.2, 0.25) is 5.95 Å². The van der Waals surface area contributed by atoms with Gasteiger partial charge in [-0.1, -0.05) is 84.2 Å². The summed E-state index contributed by atoms with van der Waals surface area (Å²) < 4.78 is 2.07. The monoisotopic (exact) mass is 558 g/mol. The number of thiophene rings is 1. The minimum absolute atomic E-state index is 0.0491. The summed E-state index contributed by atoms with van der Waals surface area (Å²) in [5.74, 6) is 1.29. The molecule has 0 fully saturated rings. The van der Waals surface area contributed by atoms with Crippen molar-refractivity contribution in [3.63, 3.8) is 0 Å². The van der Waals surface area contributed by atoms with E-state index in [1.54, 1.807) is 11.3 Å². The van der Waals surface area contributed by atoms with Crippen LogP contribution in [0.4, 0.5) is 5.95 Å². The predicted molar refractivity (Wildman–Crippen MR) is 152 cm³/mol. The fraction of sp³-hybridized carbons (Fsp3) is 0.222. The number of nitrogens with one attached hydrogen (secondary N) is 1. The molecule has 3 aliphatic rings. The highest BCUT2D eigenvalue weighted by molar-refractivity contribution is 8.14. The van der Waals surface area contributed by atoms with Crippen molar-refractivity contribution in [2.75, 3.05) is 16.4 Å². The lowest BCUT2D eigenvalue weighted by Gasteiger charge is -2.31. The van der Waals surface area contributed by atoms with E-state index in [1.807, 2.05) is 65.6 Å². The predicted octanol–water partition coefficient (Wildman–Crippen LogP) is 5.10. The van der Waals surface area contributed by atoms with Crippen molar-refractivity contribution in [3.8, 4) is 5.00 Å². The first-order chi connectivity index (χ1) is 18.7. The van der Waals surface area contributed by atoms with Crippen LogP contribution >= 0.6 is 34.9 Å². The van der Waals surface area contributed by atoms with Crippen LogP contribution in [0.3, 0.4) is 0 Å². The Kier molecular flexibility index (Phi) is 6.06. The van der Waals surface area contributed by atoms with Crippen molar-refractivity contribution in [1.82, 2.24) is 20.2 Å². The number of hydrogen-bond acceptors (Lipinski definition) is 10. The lowest BCUT2D eigenvalue weighted by Crippen LogP contribution is -2.38. The number of carbonyl (C=O) groups is 2. The van der Waals surface area contributed by atoms with Gasteiger partial charge in [0.1, 0.15) is 5.00 Å². The summed E-state index contributed by atoms with van der Waals surface area (Å²) in [4.78, 5) is 29.1. The molecule has 2 aromatic heterocycles. The van der Waals surface area contributed by atoms with E-state index in [9.17, 15) is 9.59 Å². The molecule has 4 aromatic rings. The van der Waals surface area contributed by atoms with Crippen LogP contribution < -0.4 is 10.3 Å². The molecule has 1 N–H and O–H groups in total. The normalized spacial score (nSPS) is 16.8. The van der Waals surface area contributed by atoms with Gasteiger partial charge in [-0.3, -0.25) is 19.9 Å². The average molecular weight is 559 g/mol. The Bertz CT molecular complexity index is 1580. The lowest BCUT2D eigenvalue weighted by molar-refractivity contribution is 0.101. The zero-order chi connectivity index (χ0) is 25.6. The van der Waals surface area contributed by atoms with Crippen molar-refractivity contribution >= 4 is 57.5 Å². The van der Waals surface area contributed by atoms with Crippen molar-refractivity contribution in [3.05, 3.63) is 87.8 Å². The van der Waals surface area contributed by atoms with Crippen LogP contribution in [0.1, 0.15) is 49.3 Å². The SMILES string of the molecule is O=C(CSC1=NNC2c3c(sc4c3CCC4)-n3c(SCC(=O)c4ccccc4)nnc3N12)c1ccccc1. The summed E-state index contributed by atoms with van der Waals surface area (Å²) in [5, 5.41) is 16.2. The summed E-state index contributed by atoms with van der Waals surface area (Å²) in [6, 6.07) is 18.6. The van der Waals surface area contributed by atoms with Crippen LogP contribution in [0.25, 0.3) is 5.00 Å². The Balaban J connectivity index is 1.20. The molecular weight excluding hydrogens is 537 g/mol. The first kappa shape index (κ1) is 23.7. The number of Topliss-reactive ketones (excluding diaryl/α,β-unsaturated/α-hetero) is 2. The quantitative estimate of drug-likeness (QED) is 0.247. The van der Waals surface area contributed by atoms with Gasteiger partial charge in [-0.15, -0.1) is 21.5 Å². The van der Waals surface area contributed by atoms with Crippen molar-refractivity contribution in [2.24, 2.45) is 5.10 Å². The molecule has 190 valence electrons. The van der Waals surface area contributed by atoms with Gasteiger partial charge in [0, 0.05) is 21.6 Å². The number of hydrazone groups is 1. The molecule has 0 radical (unpaired) electrons. The molecule has 1 unspecified atom stereocenters. The molecule has 4 heterocycles. The summed E-state index contributed by atoms with van der Waals surface area (Å²) in [7, 11) is 0. The van der Waals surface area contributed by atoms with Gasteiger partial charge < -0.3 is 0 Å². The van der Waals surface area contributed by atoms with Crippen LogP contribution in [-0.4, -0.2) is 43.0 Å². The van der Waals surface area contributed by atoms with Gasteiger partial charge in [-0.2, -0.15) is 5.10 Å². The molecule has 1 atom stereocenters. The molecule has 0 saturated carbocycles. The maximum absolute atomic E-state index is 12.8. The van der Waals surface area contributed by atoms with Gasteiger partial charge in [0.05, 0.1) is 11.5 Å². The van der Waals surface area contributed by atoms with Gasteiger partial charge in [0.15, 0.2) is 28.1 Å². The molecule has 8 nitrogen and oxygen atoms in total. The maximum Gasteiger partial charge on any atom is 0.241 e. The highest BCUT2D eigenvalue weighted by Crippen LogP contribution is 2.49. The van der Waals surface area contributed by atoms with E-state index < -0.39 is 0 Å². The maximum atomic E-state index is 12.8. The third kappa shape index (κ3) is 3.96. The lowest BCUT2D eigenvalue weighted by atomic mass is 10.1. The highest BCUT2D eigenvalue weighted by atomic mass is 32.2. The highest BCUT2D eigenvalue weighted by Gasteiger charge is 2.44. The Morgan fingerprint density at radius 3 is 2.32 bits per heavy atom. The summed E-state index contributed by atoms with van der Waals surface area (Å²) >= 11 is 4.58. The second-order valence-corrected chi connectivity index (χ2v) is 12.1. The minimum atomic E-state index is -0.182. The standard InChI is InChI=1S/C27H22N6O2S3/c34-19(16-8-3-1-4-9-16)14-36-26-30-28-23-22-18-12-7-13-21(18)38-24(22)33-25(32(23)26)29-31-27(33)37-15-20(35)17-10-5-2-6-11-17/h1-6,8-11,23,28H,7,12-15H2. The minimum Gasteiger partial charge on any atom is -0.293 e. The molecule has 0 amide bonds. The molecular formula is C27H22N6O2S3. The Morgan fingerprint density at radius 1 is 0.921 bits per heavy atom. The number of amidine groups is 1. The molecule has 2 aromatic carbocycles. The first-order valence-corrected chi connectivity index (χ1v) is 15.1. The van der Waals surface area contributed by atoms with Crippen molar-refractivity contribution in [1.29, 1.82) is 0 Å². The Morgan fingerprint density at radius 2 is 1.61 bits per heavy atom. The number of aromatic nitrogens is 3. The number of nitrogens with zero attached hydrogens (tertiary/aromatic N) is 5. The molecule has 2 aliphatic heterocycles. The van der Waals surface area contributed by atoms with E-state index in [4.69, 9.17) is 0 Å². The van der Waals surface area contributed by atoms with Crippen LogP contribution in [0, 0.1) is 0 Å². The zero-order valence-electron chi connectivity index (χ0n) is 20.2. The van der Waals surface area contributed by atoms with E-state index in [1.165, 1.54) is 39.5 Å². The topological polar surface area (TPSA) is 92.5 Å². The number of benzene rings is 2. The van der Waals surface area contributed by atoms with Crippen LogP contribution in [0.5, 0.6) is 0 Å². The zero-order valence-corrected chi connectivity index (χ0v) is 22.6. The van der Waals surface area contributed by atoms with Crippen LogP contribution in [0.2, 0.25) is 0 Å². The molecule has 0 saturated heterocycles. The number of fused-ring (bicyclic) bond motifs is 8. The summed E-state index contributed by atoms with van der Waals surface area (Å²) in [6.45, 7) is 0. The second-order valence-electron chi connectivity index (χ2n) is 9.15. The molecule has 7 rings (SSSR count). The summed E-state index contributed by atoms with van der Waals surface area (Å²) in [5.41, 5.74) is 7.27. The molecule has 0 spiro atoms. The van der Waals surface area contributed by atoms with E-state index in [0.717, 1.165) is 24.3 Å². The number of aryl methyl sites for hydroxylation is 1. The third-order valence-electron chi connectivity index (χ3n) is 6.85. The number of thioether (sulfide) groups is 2.